The molecule has 1 unspecified atom stereocenters. The van der Waals surface area contributed by atoms with E-state index in [2.05, 4.69) is 22.6 Å². The van der Waals surface area contributed by atoms with Crippen LogP contribution >= 0.6 is 22.6 Å². The van der Waals surface area contributed by atoms with Gasteiger partial charge in [0, 0.05) is 0 Å². The van der Waals surface area contributed by atoms with Crippen molar-refractivity contribution in [1.82, 2.24) is 0 Å². The molecule has 0 aliphatic rings. The Morgan fingerprint density at radius 3 is 2.44 bits per heavy atom. The second-order valence-corrected chi connectivity index (χ2v) is 4.80. The molecule has 1 aromatic carbocycles. The van der Waals surface area contributed by atoms with Crippen LogP contribution in [0.25, 0.3) is 0 Å². The average molecular weight is 344 g/mol. The molecule has 1 rings (SSSR count). The molecule has 0 aliphatic heterocycles. The van der Waals surface area contributed by atoms with Crippen molar-refractivity contribution in [1.29, 1.82) is 0 Å². The lowest BCUT2D eigenvalue weighted by molar-refractivity contribution is -0.137. The number of ether oxygens (including phenoxy) is 1. The molecule has 0 aromatic heterocycles. The molecule has 1 atom stereocenters. The predicted octanol–water partition coefficient (Wildman–Crippen LogP) is 4.56. The van der Waals surface area contributed by atoms with Gasteiger partial charge in [-0.25, -0.2) is 0 Å². The summed E-state index contributed by atoms with van der Waals surface area (Å²) in [6, 6.07) is 3.52. The van der Waals surface area contributed by atoms with Crippen molar-refractivity contribution in [3.8, 4) is 5.75 Å². The summed E-state index contributed by atoms with van der Waals surface area (Å²) in [6.45, 7) is 3.57. The van der Waals surface area contributed by atoms with Crippen molar-refractivity contribution in [2.45, 2.75) is 30.6 Å². The molecule has 0 saturated heterocycles. The number of halogens is 4. The normalized spacial score (nSPS) is 13.6. The molecule has 16 heavy (non-hydrogen) atoms. The van der Waals surface area contributed by atoms with E-state index >= 15 is 0 Å². The van der Waals surface area contributed by atoms with E-state index in [0.29, 0.717) is 11.3 Å². The summed E-state index contributed by atoms with van der Waals surface area (Å²) in [7, 11) is 0. The van der Waals surface area contributed by atoms with Crippen LogP contribution in [0.1, 0.15) is 24.5 Å². The first-order valence-corrected chi connectivity index (χ1v) is 6.07. The van der Waals surface area contributed by atoms with Gasteiger partial charge in [0.2, 0.25) is 0 Å². The zero-order chi connectivity index (χ0) is 12.3. The molecular formula is C11H12F3IO. The number of hydrogen-bond acceptors (Lipinski definition) is 1. The third kappa shape index (κ3) is 3.54. The van der Waals surface area contributed by atoms with Crippen molar-refractivity contribution in [2.75, 3.05) is 0 Å². The molecule has 0 amide bonds. The lowest BCUT2D eigenvalue weighted by Crippen LogP contribution is -2.09. The van der Waals surface area contributed by atoms with Crippen molar-refractivity contribution in [3.05, 3.63) is 29.3 Å². The van der Waals surface area contributed by atoms with E-state index in [-0.39, 0.29) is 4.11 Å². The van der Waals surface area contributed by atoms with Gasteiger partial charge in [0.25, 0.3) is 0 Å². The van der Waals surface area contributed by atoms with E-state index in [4.69, 9.17) is 4.74 Å². The lowest BCUT2D eigenvalue weighted by atomic mass is 10.1. The zero-order valence-corrected chi connectivity index (χ0v) is 11.1. The van der Waals surface area contributed by atoms with Gasteiger partial charge in [0.1, 0.15) is 9.86 Å². The Labute approximate surface area is 106 Å². The first-order chi connectivity index (χ1) is 7.34. The van der Waals surface area contributed by atoms with Gasteiger partial charge in [-0.1, -0.05) is 6.92 Å². The molecule has 0 spiro atoms. The number of alkyl halides is 4. The Kier molecular flexibility index (Phi) is 4.46. The van der Waals surface area contributed by atoms with Crippen LogP contribution in [0.4, 0.5) is 13.2 Å². The maximum atomic E-state index is 12.4. The lowest BCUT2D eigenvalue weighted by Gasteiger charge is -2.15. The van der Waals surface area contributed by atoms with Gasteiger partial charge < -0.3 is 4.74 Å². The molecule has 0 heterocycles. The topological polar surface area (TPSA) is 9.23 Å². The van der Waals surface area contributed by atoms with Crippen LogP contribution in [0.15, 0.2) is 18.2 Å². The third-order valence-corrected chi connectivity index (χ3v) is 3.21. The highest BCUT2D eigenvalue weighted by atomic mass is 127. The van der Waals surface area contributed by atoms with Crippen molar-refractivity contribution in [3.63, 3.8) is 0 Å². The minimum atomic E-state index is -4.29. The quantitative estimate of drug-likeness (QED) is 0.577. The third-order valence-electron chi connectivity index (χ3n) is 2.08. The van der Waals surface area contributed by atoms with Crippen LogP contribution in [0.2, 0.25) is 0 Å². The minimum Gasteiger partial charge on any atom is -0.480 e. The van der Waals surface area contributed by atoms with E-state index in [1.54, 1.807) is 6.92 Å². The fourth-order valence-electron chi connectivity index (χ4n) is 1.18. The summed E-state index contributed by atoms with van der Waals surface area (Å²) < 4.78 is 42.6. The van der Waals surface area contributed by atoms with Crippen LogP contribution in [-0.4, -0.2) is 4.11 Å². The van der Waals surface area contributed by atoms with E-state index < -0.39 is 11.7 Å². The molecule has 0 saturated carbocycles. The van der Waals surface area contributed by atoms with Crippen molar-refractivity contribution < 1.29 is 17.9 Å². The summed E-state index contributed by atoms with van der Waals surface area (Å²) in [5, 5.41) is 0. The molecule has 0 radical (unpaired) electrons. The summed E-state index contributed by atoms with van der Waals surface area (Å²) >= 11 is 2.11. The number of rotatable bonds is 3. The minimum absolute atomic E-state index is 0.0203. The SMILES string of the molecule is CCC(I)Oc1ccc(C(F)(F)F)cc1C. The Morgan fingerprint density at radius 1 is 1.38 bits per heavy atom. The van der Waals surface area contributed by atoms with Gasteiger partial charge >= 0.3 is 6.18 Å². The molecule has 0 bridgehead atoms. The zero-order valence-electron chi connectivity index (χ0n) is 8.94. The van der Waals surface area contributed by atoms with Gasteiger partial charge in [-0.05, 0) is 59.7 Å². The van der Waals surface area contributed by atoms with Crippen LogP contribution in [0, 0.1) is 6.92 Å². The van der Waals surface area contributed by atoms with Crippen LogP contribution in [-0.2, 0) is 6.18 Å². The summed E-state index contributed by atoms with van der Waals surface area (Å²) in [5.74, 6) is 0.509. The fourth-order valence-corrected chi connectivity index (χ4v) is 1.45. The Bertz CT molecular complexity index is 363. The Morgan fingerprint density at radius 2 is 2.00 bits per heavy atom. The van der Waals surface area contributed by atoms with Crippen molar-refractivity contribution in [2.24, 2.45) is 0 Å². The Hall–Kier alpha value is -0.460. The smallest absolute Gasteiger partial charge is 0.416 e. The molecule has 0 N–H and O–H groups in total. The van der Waals surface area contributed by atoms with E-state index in [0.717, 1.165) is 18.6 Å². The molecule has 1 nitrogen and oxygen atoms in total. The monoisotopic (exact) mass is 344 g/mol. The van der Waals surface area contributed by atoms with E-state index in [9.17, 15) is 13.2 Å². The summed E-state index contributed by atoms with van der Waals surface area (Å²) in [5.41, 5.74) is -0.135. The number of benzene rings is 1. The summed E-state index contributed by atoms with van der Waals surface area (Å²) in [6.07, 6.45) is -3.49. The van der Waals surface area contributed by atoms with Crippen LogP contribution in [0.3, 0.4) is 0 Å². The van der Waals surface area contributed by atoms with Crippen LogP contribution < -0.4 is 4.74 Å². The average Bonchev–Trinajstić information content (AvgIpc) is 2.19. The van der Waals surface area contributed by atoms with Gasteiger partial charge in [-0.2, -0.15) is 13.2 Å². The first kappa shape index (κ1) is 13.6. The number of hydrogen-bond donors (Lipinski definition) is 0. The maximum Gasteiger partial charge on any atom is 0.416 e. The second kappa shape index (κ2) is 5.25. The largest absolute Gasteiger partial charge is 0.480 e. The standard InChI is InChI=1S/C11H12F3IO/c1-3-10(15)16-9-5-4-8(6-7(9)2)11(12,13)14/h4-6,10H,3H2,1-2H3. The predicted molar refractivity (Wildman–Crippen MR) is 64.9 cm³/mol. The maximum absolute atomic E-state index is 12.4. The van der Waals surface area contributed by atoms with Crippen LogP contribution in [0.5, 0.6) is 5.75 Å². The van der Waals surface area contributed by atoms with E-state index in [1.165, 1.54) is 6.07 Å². The molecule has 0 fully saturated rings. The first-order valence-electron chi connectivity index (χ1n) is 4.83. The molecule has 0 aliphatic carbocycles. The van der Waals surface area contributed by atoms with Crippen molar-refractivity contribution >= 4 is 22.6 Å². The van der Waals surface area contributed by atoms with Gasteiger partial charge in [-0.15, -0.1) is 0 Å². The van der Waals surface area contributed by atoms with Gasteiger partial charge in [0.15, 0.2) is 0 Å². The highest BCUT2D eigenvalue weighted by molar-refractivity contribution is 14.1. The highest BCUT2D eigenvalue weighted by Crippen LogP contribution is 2.32. The highest BCUT2D eigenvalue weighted by Gasteiger charge is 2.30. The molecule has 1 aromatic rings. The van der Waals surface area contributed by atoms with Gasteiger partial charge in [0.05, 0.1) is 5.56 Å². The van der Waals surface area contributed by atoms with Gasteiger partial charge in [-0.3, -0.25) is 0 Å². The molecular weight excluding hydrogens is 332 g/mol. The summed E-state index contributed by atoms with van der Waals surface area (Å²) in [4.78, 5) is 0. The second-order valence-electron chi connectivity index (χ2n) is 3.41. The Balaban J connectivity index is 2.92. The number of aryl methyl sites for hydroxylation is 1. The fraction of sp³-hybridized carbons (Fsp3) is 0.455. The van der Waals surface area contributed by atoms with E-state index in [1.807, 2.05) is 6.92 Å². The molecule has 90 valence electrons. The molecule has 5 heteroatoms.